The number of aromatic amines is 1. The molecule has 3 nitrogen and oxygen atoms in total. The van der Waals surface area contributed by atoms with Gasteiger partial charge >= 0.3 is 0 Å². The standard InChI is InChI=1S/C7H7N3/c8-5-1-2-6-7(3-5)10-4-9-6/h2-4,8H,1H2,(H,9,10). The SMILES string of the molecule is N=C1C=c2[nH]cnc2=CC1. The number of hydrogen-bond donors (Lipinski definition) is 2. The second kappa shape index (κ2) is 1.80. The van der Waals surface area contributed by atoms with Gasteiger partial charge in [-0.2, -0.15) is 0 Å². The topological polar surface area (TPSA) is 52.5 Å². The highest BCUT2D eigenvalue weighted by molar-refractivity contribution is 6.10. The van der Waals surface area contributed by atoms with E-state index in [1.54, 1.807) is 6.33 Å². The molecule has 0 fully saturated rings. The summed E-state index contributed by atoms with van der Waals surface area (Å²) in [5.41, 5.74) is 0.636. The normalized spacial score (nSPS) is 15.4. The average molecular weight is 133 g/mol. The van der Waals surface area contributed by atoms with E-state index in [-0.39, 0.29) is 0 Å². The lowest BCUT2D eigenvalue weighted by atomic mass is 10.2. The lowest BCUT2D eigenvalue weighted by Gasteiger charge is -1.93. The van der Waals surface area contributed by atoms with Gasteiger partial charge in [-0.3, -0.25) is 0 Å². The van der Waals surface area contributed by atoms with Gasteiger partial charge in [0.05, 0.1) is 17.0 Å². The molecular weight excluding hydrogens is 126 g/mol. The highest BCUT2D eigenvalue weighted by Gasteiger charge is 1.97. The van der Waals surface area contributed by atoms with Crippen LogP contribution in [0, 0.1) is 5.41 Å². The second-order valence-electron chi connectivity index (χ2n) is 2.28. The Morgan fingerprint density at radius 1 is 1.60 bits per heavy atom. The minimum atomic E-state index is 0.636. The first-order chi connectivity index (χ1) is 4.86. The van der Waals surface area contributed by atoms with Crippen molar-refractivity contribution in [1.29, 1.82) is 5.41 Å². The predicted molar refractivity (Wildman–Crippen MR) is 39.1 cm³/mol. The summed E-state index contributed by atoms with van der Waals surface area (Å²) in [6, 6.07) is 0. The molecule has 0 amide bonds. The molecule has 0 unspecified atom stereocenters. The van der Waals surface area contributed by atoms with Gasteiger partial charge < -0.3 is 10.4 Å². The van der Waals surface area contributed by atoms with Crippen LogP contribution in [0.1, 0.15) is 6.42 Å². The highest BCUT2D eigenvalue weighted by Crippen LogP contribution is 1.88. The maximum Gasteiger partial charge on any atom is 0.0931 e. The number of nitrogens with zero attached hydrogens (tertiary/aromatic N) is 1. The Morgan fingerprint density at radius 2 is 2.50 bits per heavy atom. The Labute approximate surface area is 57.6 Å². The Kier molecular flexibility index (Phi) is 0.974. The summed E-state index contributed by atoms with van der Waals surface area (Å²) in [4.78, 5) is 7.00. The van der Waals surface area contributed by atoms with Crippen LogP contribution in [-0.4, -0.2) is 15.7 Å². The summed E-state index contributed by atoms with van der Waals surface area (Å²) < 4.78 is 0. The van der Waals surface area contributed by atoms with Crippen LogP contribution in [0.3, 0.4) is 0 Å². The maximum atomic E-state index is 7.32. The molecule has 0 aliphatic heterocycles. The molecule has 0 spiro atoms. The van der Waals surface area contributed by atoms with Gasteiger partial charge in [-0.1, -0.05) is 6.08 Å². The van der Waals surface area contributed by atoms with E-state index in [0.29, 0.717) is 12.1 Å². The zero-order valence-electron chi connectivity index (χ0n) is 5.39. The van der Waals surface area contributed by atoms with Crippen molar-refractivity contribution in [1.82, 2.24) is 9.97 Å². The molecule has 0 bridgehead atoms. The first kappa shape index (κ1) is 5.41. The van der Waals surface area contributed by atoms with Crippen molar-refractivity contribution in [3.63, 3.8) is 0 Å². The number of hydrogen-bond acceptors (Lipinski definition) is 2. The summed E-state index contributed by atoms with van der Waals surface area (Å²) in [5, 5.41) is 9.25. The second-order valence-corrected chi connectivity index (χ2v) is 2.28. The van der Waals surface area contributed by atoms with Crippen molar-refractivity contribution in [2.75, 3.05) is 0 Å². The van der Waals surface area contributed by atoms with Crippen LogP contribution >= 0.6 is 0 Å². The molecule has 1 aromatic heterocycles. The summed E-state index contributed by atoms with van der Waals surface area (Å²) in [6.07, 6.45) is 6.12. The number of aromatic nitrogens is 2. The Balaban J connectivity index is 2.85. The van der Waals surface area contributed by atoms with Gasteiger partial charge in [0.15, 0.2) is 0 Å². The molecule has 2 N–H and O–H groups in total. The lowest BCUT2D eigenvalue weighted by Crippen LogP contribution is -2.28. The molecule has 0 saturated heterocycles. The van der Waals surface area contributed by atoms with Crippen LogP contribution < -0.4 is 10.7 Å². The molecule has 3 heteroatoms. The number of H-pyrrole nitrogens is 1. The molecule has 0 radical (unpaired) electrons. The Bertz CT molecular complexity index is 372. The summed E-state index contributed by atoms with van der Waals surface area (Å²) >= 11 is 0. The van der Waals surface area contributed by atoms with E-state index in [1.165, 1.54) is 0 Å². The number of imidazole rings is 1. The minimum absolute atomic E-state index is 0.636. The van der Waals surface area contributed by atoms with Crippen LogP contribution in [0.5, 0.6) is 0 Å². The van der Waals surface area contributed by atoms with E-state index in [9.17, 15) is 0 Å². The van der Waals surface area contributed by atoms with E-state index in [2.05, 4.69) is 9.97 Å². The molecule has 0 saturated carbocycles. The van der Waals surface area contributed by atoms with Crippen LogP contribution in [0.15, 0.2) is 6.33 Å². The summed E-state index contributed by atoms with van der Waals surface area (Å²) in [7, 11) is 0. The quantitative estimate of drug-likeness (QED) is 0.487. The molecule has 0 atom stereocenters. The fourth-order valence-corrected chi connectivity index (χ4v) is 1.03. The fourth-order valence-electron chi connectivity index (χ4n) is 1.03. The molecule has 1 aliphatic rings. The predicted octanol–water partition coefficient (Wildman–Crippen LogP) is -0.606. The van der Waals surface area contributed by atoms with Crippen molar-refractivity contribution in [3.05, 3.63) is 17.0 Å². The van der Waals surface area contributed by atoms with Crippen molar-refractivity contribution in [3.8, 4) is 0 Å². The number of nitrogens with one attached hydrogen (secondary N) is 2. The molecular formula is C7H7N3. The molecule has 1 heterocycles. The van der Waals surface area contributed by atoms with Gasteiger partial charge in [-0.05, 0) is 6.08 Å². The van der Waals surface area contributed by atoms with E-state index in [0.717, 1.165) is 10.7 Å². The van der Waals surface area contributed by atoms with Crippen molar-refractivity contribution in [2.45, 2.75) is 6.42 Å². The Hall–Kier alpha value is -1.38. The average Bonchev–Trinajstić information content (AvgIpc) is 2.33. The molecule has 10 heavy (non-hydrogen) atoms. The number of fused-ring (bicyclic) bond motifs is 1. The van der Waals surface area contributed by atoms with E-state index >= 15 is 0 Å². The van der Waals surface area contributed by atoms with Crippen molar-refractivity contribution < 1.29 is 0 Å². The third-order valence-corrected chi connectivity index (χ3v) is 1.53. The van der Waals surface area contributed by atoms with Gasteiger partial charge in [-0.25, -0.2) is 4.98 Å². The lowest BCUT2D eigenvalue weighted by molar-refractivity contribution is 1.28. The van der Waals surface area contributed by atoms with Gasteiger partial charge in [0, 0.05) is 12.1 Å². The van der Waals surface area contributed by atoms with E-state index in [1.807, 2.05) is 12.2 Å². The van der Waals surface area contributed by atoms with Gasteiger partial charge in [-0.15, -0.1) is 0 Å². The smallest absolute Gasteiger partial charge is 0.0931 e. The highest BCUT2D eigenvalue weighted by atomic mass is 14.9. The molecule has 0 aromatic carbocycles. The molecule has 1 aromatic rings. The summed E-state index contributed by atoms with van der Waals surface area (Å²) in [6.45, 7) is 0. The molecule has 1 aliphatic carbocycles. The van der Waals surface area contributed by atoms with Gasteiger partial charge in [0.25, 0.3) is 0 Å². The van der Waals surface area contributed by atoms with Gasteiger partial charge in [0.1, 0.15) is 0 Å². The van der Waals surface area contributed by atoms with Crippen molar-refractivity contribution in [2.24, 2.45) is 0 Å². The van der Waals surface area contributed by atoms with Crippen LogP contribution in [0.25, 0.3) is 12.2 Å². The third-order valence-electron chi connectivity index (χ3n) is 1.53. The van der Waals surface area contributed by atoms with Gasteiger partial charge in [0.2, 0.25) is 0 Å². The van der Waals surface area contributed by atoms with E-state index in [4.69, 9.17) is 5.41 Å². The van der Waals surface area contributed by atoms with Crippen molar-refractivity contribution >= 4 is 17.9 Å². The first-order valence-corrected chi connectivity index (χ1v) is 3.15. The minimum Gasteiger partial charge on any atom is -0.345 e. The first-order valence-electron chi connectivity index (χ1n) is 3.15. The van der Waals surface area contributed by atoms with E-state index < -0.39 is 0 Å². The maximum absolute atomic E-state index is 7.32. The number of rotatable bonds is 0. The Morgan fingerprint density at radius 3 is 3.40 bits per heavy atom. The van der Waals surface area contributed by atoms with Crippen LogP contribution in [0.2, 0.25) is 0 Å². The van der Waals surface area contributed by atoms with Crippen LogP contribution in [-0.2, 0) is 0 Å². The zero-order valence-corrected chi connectivity index (χ0v) is 5.39. The summed E-state index contributed by atoms with van der Waals surface area (Å²) in [5.74, 6) is 0. The molecule has 50 valence electrons. The fraction of sp³-hybridized carbons (Fsp3) is 0.143. The largest absolute Gasteiger partial charge is 0.345 e. The third kappa shape index (κ3) is 0.673. The van der Waals surface area contributed by atoms with Crippen LogP contribution in [0.4, 0.5) is 0 Å². The molecule has 2 rings (SSSR count). The zero-order chi connectivity index (χ0) is 6.97. The monoisotopic (exact) mass is 133 g/mol.